The molecule has 0 saturated carbocycles. The molecule has 1 heterocycles. The predicted octanol–water partition coefficient (Wildman–Crippen LogP) is 3.65. The van der Waals surface area contributed by atoms with Crippen LogP contribution in [-0.4, -0.2) is 24.7 Å². The minimum Gasteiger partial charge on any atom is -0.497 e. The van der Waals surface area contributed by atoms with Crippen LogP contribution in [0.15, 0.2) is 28.8 Å². The van der Waals surface area contributed by atoms with Gasteiger partial charge in [-0.25, -0.2) is 0 Å². The number of nitrogens with zero attached hydrogens (tertiary/aromatic N) is 1. The van der Waals surface area contributed by atoms with Crippen LogP contribution >= 0.6 is 0 Å². The Morgan fingerprint density at radius 1 is 1.25 bits per heavy atom. The number of methoxy groups -OCH3 is 1. The molecule has 0 fully saturated rings. The minimum atomic E-state index is -0.229. The van der Waals surface area contributed by atoms with Crippen LogP contribution in [0.4, 0.5) is 0 Å². The van der Waals surface area contributed by atoms with Gasteiger partial charge in [0, 0.05) is 12.0 Å². The van der Waals surface area contributed by atoms with Gasteiger partial charge in [-0.05, 0) is 37.5 Å². The molecule has 5 heteroatoms. The van der Waals surface area contributed by atoms with Crippen LogP contribution in [0, 0.1) is 6.92 Å². The number of rotatable bonds is 6. The largest absolute Gasteiger partial charge is 0.497 e. The number of aryl methyl sites for hydroxylation is 2. The van der Waals surface area contributed by atoms with Gasteiger partial charge in [0.1, 0.15) is 22.8 Å². The lowest BCUT2D eigenvalue weighted by atomic mass is 9.88. The molecule has 130 valence electrons. The number of hydrogen-bond acceptors (Lipinski definition) is 4. The highest BCUT2D eigenvalue weighted by Crippen LogP contribution is 2.26. The van der Waals surface area contributed by atoms with Gasteiger partial charge in [0.2, 0.25) is 0 Å². The Balaban J connectivity index is 1.88. The molecule has 1 N–H and O–H groups in total. The SMILES string of the molecule is COc1ccc(CCCNC(=O)c2c(C(C)(C)C)noc2C)cc1. The van der Waals surface area contributed by atoms with E-state index < -0.39 is 0 Å². The Morgan fingerprint density at radius 2 is 1.92 bits per heavy atom. The lowest BCUT2D eigenvalue weighted by Gasteiger charge is -2.16. The first-order valence-electron chi connectivity index (χ1n) is 8.21. The fraction of sp³-hybridized carbons (Fsp3) is 0.474. The number of hydrogen-bond donors (Lipinski definition) is 1. The van der Waals surface area contributed by atoms with E-state index in [1.165, 1.54) is 5.56 Å². The summed E-state index contributed by atoms with van der Waals surface area (Å²) in [6.45, 7) is 8.44. The molecule has 1 amide bonds. The number of aromatic nitrogens is 1. The van der Waals surface area contributed by atoms with Crippen LogP contribution < -0.4 is 10.1 Å². The van der Waals surface area contributed by atoms with Crippen LogP contribution in [-0.2, 0) is 11.8 Å². The van der Waals surface area contributed by atoms with Crippen LogP contribution in [0.3, 0.4) is 0 Å². The van der Waals surface area contributed by atoms with Gasteiger partial charge in [-0.15, -0.1) is 0 Å². The third kappa shape index (κ3) is 4.37. The highest BCUT2D eigenvalue weighted by molar-refractivity contribution is 5.96. The first kappa shape index (κ1) is 18.0. The molecular weight excluding hydrogens is 304 g/mol. The summed E-state index contributed by atoms with van der Waals surface area (Å²) in [5.41, 5.74) is 2.26. The zero-order valence-electron chi connectivity index (χ0n) is 15.1. The summed E-state index contributed by atoms with van der Waals surface area (Å²) in [5, 5.41) is 7.02. The van der Waals surface area contributed by atoms with E-state index in [0.29, 0.717) is 23.6 Å². The summed E-state index contributed by atoms with van der Waals surface area (Å²) in [5.74, 6) is 1.30. The quantitative estimate of drug-likeness (QED) is 0.821. The van der Waals surface area contributed by atoms with E-state index in [9.17, 15) is 4.79 Å². The van der Waals surface area contributed by atoms with Gasteiger partial charge >= 0.3 is 0 Å². The van der Waals surface area contributed by atoms with E-state index in [2.05, 4.69) is 10.5 Å². The second kappa shape index (κ2) is 7.51. The maximum absolute atomic E-state index is 12.5. The minimum absolute atomic E-state index is 0.117. The van der Waals surface area contributed by atoms with Gasteiger partial charge in [0.15, 0.2) is 0 Å². The average Bonchev–Trinajstić information content (AvgIpc) is 2.94. The number of ether oxygens (including phenoxy) is 1. The second-order valence-electron chi connectivity index (χ2n) is 6.92. The molecule has 24 heavy (non-hydrogen) atoms. The first-order chi connectivity index (χ1) is 11.3. The molecule has 0 spiro atoms. The van der Waals surface area contributed by atoms with Crippen LogP contribution in [0.2, 0.25) is 0 Å². The topological polar surface area (TPSA) is 64.4 Å². The molecule has 0 aliphatic heterocycles. The highest BCUT2D eigenvalue weighted by Gasteiger charge is 2.28. The van der Waals surface area contributed by atoms with E-state index in [4.69, 9.17) is 9.26 Å². The smallest absolute Gasteiger partial charge is 0.256 e. The maximum Gasteiger partial charge on any atom is 0.256 e. The van der Waals surface area contributed by atoms with Crippen molar-refractivity contribution in [3.8, 4) is 5.75 Å². The number of benzene rings is 1. The molecular formula is C19H26N2O3. The van der Waals surface area contributed by atoms with Crippen LogP contribution in [0.5, 0.6) is 5.75 Å². The number of amides is 1. The summed E-state index contributed by atoms with van der Waals surface area (Å²) < 4.78 is 10.4. The number of nitrogens with one attached hydrogen (secondary N) is 1. The number of carbonyl (C=O) groups is 1. The Hall–Kier alpha value is -2.30. The van der Waals surface area contributed by atoms with E-state index in [1.54, 1.807) is 14.0 Å². The molecule has 0 aliphatic carbocycles. The third-order valence-corrected chi connectivity index (χ3v) is 3.89. The molecule has 0 bridgehead atoms. The Morgan fingerprint density at radius 3 is 2.50 bits per heavy atom. The lowest BCUT2D eigenvalue weighted by molar-refractivity contribution is 0.0949. The summed E-state index contributed by atoms with van der Waals surface area (Å²) >= 11 is 0. The summed E-state index contributed by atoms with van der Waals surface area (Å²) in [6, 6.07) is 7.99. The molecule has 1 aromatic carbocycles. The van der Waals surface area contributed by atoms with E-state index in [0.717, 1.165) is 18.6 Å². The zero-order chi connectivity index (χ0) is 17.7. The van der Waals surface area contributed by atoms with Crippen molar-refractivity contribution in [2.75, 3.05) is 13.7 Å². The van der Waals surface area contributed by atoms with Gasteiger partial charge in [-0.3, -0.25) is 4.79 Å². The van der Waals surface area contributed by atoms with Crippen molar-refractivity contribution in [1.29, 1.82) is 0 Å². The monoisotopic (exact) mass is 330 g/mol. The van der Waals surface area contributed by atoms with Crippen molar-refractivity contribution in [3.05, 3.63) is 46.8 Å². The third-order valence-electron chi connectivity index (χ3n) is 3.89. The average molecular weight is 330 g/mol. The lowest BCUT2D eigenvalue weighted by Crippen LogP contribution is -2.28. The van der Waals surface area contributed by atoms with E-state index in [1.807, 2.05) is 45.0 Å². The standard InChI is InChI=1S/C19H26N2O3/c1-13-16(17(21-24-13)19(2,3)4)18(22)20-12-6-7-14-8-10-15(23-5)11-9-14/h8-11H,6-7,12H2,1-5H3,(H,20,22). The molecule has 5 nitrogen and oxygen atoms in total. The molecule has 2 rings (SSSR count). The molecule has 0 unspecified atom stereocenters. The maximum atomic E-state index is 12.5. The molecule has 1 aromatic heterocycles. The summed E-state index contributed by atoms with van der Waals surface area (Å²) in [6.07, 6.45) is 1.77. The Kier molecular flexibility index (Phi) is 5.65. The first-order valence-corrected chi connectivity index (χ1v) is 8.21. The van der Waals surface area contributed by atoms with Crippen molar-refractivity contribution < 1.29 is 14.1 Å². The highest BCUT2D eigenvalue weighted by atomic mass is 16.5. The van der Waals surface area contributed by atoms with Crippen molar-refractivity contribution >= 4 is 5.91 Å². The van der Waals surface area contributed by atoms with Gasteiger partial charge in [-0.1, -0.05) is 38.1 Å². The van der Waals surface area contributed by atoms with Gasteiger partial charge in [-0.2, -0.15) is 0 Å². The van der Waals surface area contributed by atoms with Gasteiger partial charge in [0.05, 0.1) is 7.11 Å². The molecule has 2 aromatic rings. The van der Waals surface area contributed by atoms with Crippen molar-refractivity contribution in [2.24, 2.45) is 0 Å². The molecule has 0 atom stereocenters. The summed E-state index contributed by atoms with van der Waals surface area (Å²) in [4.78, 5) is 12.5. The Labute approximate surface area is 143 Å². The fourth-order valence-corrected chi connectivity index (χ4v) is 2.53. The Bertz CT molecular complexity index is 682. The summed E-state index contributed by atoms with van der Waals surface area (Å²) in [7, 11) is 1.66. The van der Waals surface area contributed by atoms with Gasteiger partial charge < -0.3 is 14.6 Å². The molecule has 0 saturated heterocycles. The van der Waals surface area contributed by atoms with Crippen LogP contribution in [0.1, 0.15) is 54.6 Å². The van der Waals surface area contributed by atoms with Gasteiger partial charge in [0.25, 0.3) is 5.91 Å². The normalized spacial score (nSPS) is 11.4. The molecule has 0 radical (unpaired) electrons. The van der Waals surface area contributed by atoms with E-state index in [-0.39, 0.29) is 11.3 Å². The zero-order valence-corrected chi connectivity index (χ0v) is 15.1. The predicted molar refractivity (Wildman–Crippen MR) is 93.6 cm³/mol. The van der Waals surface area contributed by atoms with Crippen LogP contribution in [0.25, 0.3) is 0 Å². The van der Waals surface area contributed by atoms with Crippen molar-refractivity contribution in [1.82, 2.24) is 10.5 Å². The number of carbonyl (C=O) groups excluding carboxylic acids is 1. The van der Waals surface area contributed by atoms with Crippen molar-refractivity contribution in [3.63, 3.8) is 0 Å². The molecule has 0 aliphatic rings. The second-order valence-corrected chi connectivity index (χ2v) is 6.92. The van der Waals surface area contributed by atoms with Crippen molar-refractivity contribution in [2.45, 2.75) is 46.0 Å². The van der Waals surface area contributed by atoms with E-state index >= 15 is 0 Å². The fourth-order valence-electron chi connectivity index (χ4n) is 2.53.